The molecule has 0 saturated carbocycles. The summed E-state index contributed by atoms with van der Waals surface area (Å²) in [6.45, 7) is 9.55. The lowest BCUT2D eigenvalue weighted by atomic mass is 9.68. The van der Waals surface area contributed by atoms with Crippen LogP contribution in [0.4, 0.5) is 0 Å². The van der Waals surface area contributed by atoms with Crippen molar-refractivity contribution in [2.75, 3.05) is 6.61 Å². The van der Waals surface area contributed by atoms with Crippen LogP contribution < -0.4 is 0 Å². The maximum atomic E-state index is 12.8. The van der Waals surface area contributed by atoms with Gasteiger partial charge in [-0.05, 0) is 32.6 Å². The smallest absolute Gasteiger partial charge is 0.183 e. The highest BCUT2D eigenvalue weighted by molar-refractivity contribution is 6.23. The van der Waals surface area contributed by atoms with E-state index in [-0.39, 0.29) is 22.9 Å². The number of aliphatic hydroxyl groups is 1. The summed E-state index contributed by atoms with van der Waals surface area (Å²) < 4.78 is 5.86. The van der Waals surface area contributed by atoms with Crippen LogP contribution in [0.25, 0.3) is 0 Å². The lowest BCUT2D eigenvalue weighted by Crippen LogP contribution is -2.40. The minimum Gasteiger partial charge on any atom is -0.507 e. The molecule has 0 unspecified atom stereocenters. The summed E-state index contributed by atoms with van der Waals surface area (Å²) >= 11 is 0. The van der Waals surface area contributed by atoms with Crippen molar-refractivity contribution in [1.29, 1.82) is 0 Å². The van der Waals surface area contributed by atoms with Gasteiger partial charge in [-0.15, -0.1) is 0 Å². The molecule has 21 heavy (non-hydrogen) atoms. The number of carbonyl (C=O) groups excluding carboxylic acids is 2. The molecule has 0 bridgehead atoms. The monoisotopic (exact) mass is 294 g/mol. The molecule has 0 saturated heterocycles. The Morgan fingerprint density at radius 1 is 1.19 bits per heavy atom. The minimum absolute atomic E-state index is 0.0700. The molecule has 0 spiro atoms. The first kappa shape index (κ1) is 17.5. The van der Waals surface area contributed by atoms with Crippen LogP contribution in [-0.4, -0.2) is 23.3 Å². The van der Waals surface area contributed by atoms with Gasteiger partial charge in [0.25, 0.3) is 0 Å². The molecule has 1 rings (SSSR count). The number of carbonyl (C=O) groups is 2. The van der Waals surface area contributed by atoms with Crippen molar-refractivity contribution in [1.82, 2.24) is 0 Å². The summed E-state index contributed by atoms with van der Waals surface area (Å²) in [5.74, 6) is -0.326. The standard InChI is InChI=1S/C17H26O4/c1-6-10-21-16-12(7-2)14(19)13(11(5)18)15(20)17(16,8-3)9-4/h19H,6-10H2,1-5H3. The van der Waals surface area contributed by atoms with E-state index in [0.29, 0.717) is 37.2 Å². The Balaban J connectivity index is 3.62. The highest BCUT2D eigenvalue weighted by Gasteiger charge is 2.49. The number of ketones is 2. The van der Waals surface area contributed by atoms with Gasteiger partial charge < -0.3 is 9.84 Å². The molecule has 0 aromatic carbocycles. The lowest BCUT2D eigenvalue weighted by molar-refractivity contribution is -0.128. The first-order chi connectivity index (χ1) is 9.91. The van der Waals surface area contributed by atoms with Crippen molar-refractivity contribution in [3.8, 4) is 0 Å². The molecule has 0 fully saturated rings. The molecule has 0 radical (unpaired) electrons. The minimum atomic E-state index is -0.826. The molecule has 0 amide bonds. The summed E-state index contributed by atoms with van der Waals surface area (Å²) in [6.07, 6.45) is 2.45. The van der Waals surface area contributed by atoms with E-state index in [0.717, 1.165) is 6.42 Å². The van der Waals surface area contributed by atoms with E-state index in [2.05, 4.69) is 0 Å². The average Bonchev–Trinajstić information content (AvgIpc) is 2.45. The van der Waals surface area contributed by atoms with Crippen LogP contribution in [0, 0.1) is 5.41 Å². The van der Waals surface area contributed by atoms with Crippen molar-refractivity contribution in [3.05, 3.63) is 22.7 Å². The van der Waals surface area contributed by atoms with Crippen LogP contribution in [0.1, 0.15) is 60.3 Å². The Bertz CT molecular complexity index is 493. The van der Waals surface area contributed by atoms with Crippen LogP contribution in [0.2, 0.25) is 0 Å². The molecule has 4 nitrogen and oxygen atoms in total. The predicted octanol–water partition coefficient (Wildman–Crippen LogP) is 3.87. The molecule has 0 aliphatic heterocycles. The predicted molar refractivity (Wildman–Crippen MR) is 81.9 cm³/mol. The molecule has 4 heteroatoms. The summed E-state index contributed by atoms with van der Waals surface area (Å²) in [4.78, 5) is 24.7. The summed E-state index contributed by atoms with van der Waals surface area (Å²) in [7, 11) is 0. The third-order valence-electron chi connectivity index (χ3n) is 4.26. The van der Waals surface area contributed by atoms with Gasteiger partial charge >= 0.3 is 0 Å². The van der Waals surface area contributed by atoms with E-state index in [1.54, 1.807) is 0 Å². The molecular weight excluding hydrogens is 268 g/mol. The second-order valence-electron chi connectivity index (χ2n) is 5.41. The van der Waals surface area contributed by atoms with Crippen molar-refractivity contribution in [2.24, 2.45) is 5.41 Å². The fourth-order valence-electron chi connectivity index (χ4n) is 2.97. The Morgan fingerprint density at radius 2 is 1.76 bits per heavy atom. The van der Waals surface area contributed by atoms with E-state index in [9.17, 15) is 14.7 Å². The Hall–Kier alpha value is -1.58. The maximum absolute atomic E-state index is 12.8. The summed E-state index contributed by atoms with van der Waals surface area (Å²) in [5.41, 5.74) is -0.301. The molecule has 0 aromatic heterocycles. The van der Waals surface area contributed by atoms with Crippen molar-refractivity contribution in [2.45, 2.75) is 60.3 Å². The largest absolute Gasteiger partial charge is 0.507 e. The number of Topliss-reactive ketones (excluding diaryl/α,β-unsaturated/α-hetero) is 2. The zero-order chi connectivity index (χ0) is 16.2. The fraction of sp³-hybridized carbons (Fsp3) is 0.647. The number of ether oxygens (including phenoxy) is 1. The van der Waals surface area contributed by atoms with Gasteiger partial charge in [0.2, 0.25) is 0 Å². The zero-order valence-electron chi connectivity index (χ0n) is 13.7. The summed E-state index contributed by atoms with van der Waals surface area (Å²) in [5, 5.41) is 10.4. The van der Waals surface area contributed by atoms with E-state index in [4.69, 9.17) is 4.74 Å². The third-order valence-corrected chi connectivity index (χ3v) is 4.26. The fourth-order valence-corrected chi connectivity index (χ4v) is 2.97. The van der Waals surface area contributed by atoms with Gasteiger partial charge in [0.05, 0.1) is 12.0 Å². The quantitative estimate of drug-likeness (QED) is 0.724. The van der Waals surface area contributed by atoms with Crippen molar-refractivity contribution < 1.29 is 19.4 Å². The van der Waals surface area contributed by atoms with Crippen LogP contribution >= 0.6 is 0 Å². The first-order valence-corrected chi connectivity index (χ1v) is 7.76. The van der Waals surface area contributed by atoms with Gasteiger partial charge in [-0.25, -0.2) is 0 Å². The van der Waals surface area contributed by atoms with E-state index in [1.165, 1.54) is 6.92 Å². The molecule has 118 valence electrons. The van der Waals surface area contributed by atoms with Crippen molar-refractivity contribution >= 4 is 11.6 Å². The molecule has 1 aliphatic carbocycles. The average molecular weight is 294 g/mol. The van der Waals surface area contributed by atoms with Gasteiger partial charge in [0.15, 0.2) is 11.6 Å². The Morgan fingerprint density at radius 3 is 2.14 bits per heavy atom. The van der Waals surface area contributed by atoms with Crippen LogP contribution in [0.15, 0.2) is 22.7 Å². The SMILES string of the molecule is CCCOC1=C(CC)C(O)=C(C(C)=O)C(=O)C1(CC)CC. The van der Waals surface area contributed by atoms with E-state index in [1.807, 2.05) is 27.7 Å². The van der Waals surface area contributed by atoms with Gasteiger partial charge in [0.1, 0.15) is 17.1 Å². The third kappa shape index (κ3) is 2.76. The number of aliphatic hydroxyl groups excluding tert-OH is 1. The van der Waals surface area contributed by atoms with E-state index >= 15 is 0 Å². The normalized spacial score (nSPS) is 18.2. The van der Waals surface area contributed by atoms with E-state index < -0.39 is 5.41 Å². The molecule has 0 aromatic rings. The molecule has 1 aliphatic rings. The molecule has 0 atom stereocenters. The maximum Gasteiger partial charge on any atom is 0.183 e. The van der Waals surface area contributed by atoms with Gasteiger partial charge in [-0.1, -0.05) is 27.7 Å². The topological polar surface area (TPSA) is 63.6 Å². The summed E-state index contributed by atoms with van der Waals surface area (Å²) in [6, 6.07) is 0. The van der Waals surface area contributed by atoms with Crippen LogP contribution in [-0.2, 0) is 14.3 Å². The van der Waals surface area contributed by atoms with Gasteiger partial charge in [-0.3, -0.25) is 9.59 Å². The number of allylic oxidation sites excluding steroid dienone is 3. The lowest BCUT2D eigenvalue weighted by Gasteiger charge is -2.38. The molecule has 0 heterocycles. The second-order valence-corrected chi connectivity index (χ2v) is 5.41. The molecule has 1 N–H and O–H groups in total. The van der Waals surface area contributed by atoms with Crippen LogP contribution in [0.5, 0.6) is 0 Å². The number of hydrogen-bond acceptors (Lipinski definition) is 4. The van der Waals surface area contributed by atoms with Gasteiger partial charge in [0, 0.05) is 5.57 Å². The highest BCUT2D eigenvalue weighted by Crippen LogP contribution is 2.46. The first-order valence-electron chi connectivity index (χ1n) is 7.76. The Kier molecular flexibility index (Phi) is 5.76. The van der Waals surface area contributed by atoms with Gasteiger partial charge in [-0.2, -0.15) is 0 Å². The van der Waals surface area contributed by atoms with Crippen molar-refractivity contribution in [3.63, 3.8) is 0 Å². The highest BCUT2D eigenvalue weighted by atomic mass is 16.5. The number of hydrogen-bond donors (Lipinski definition) is 1. The number of rotatable bonds is 7. The Labute approximate surface area is 126 Å². The molecular formula is C17H26O4. The van der Waals surface area contributed by atoms with Crippen LogP contribution in [0.3, 0.4) is 0 Å². The zero-order valence-corrected chi connectivity index (χ0v) is 13.7. The second kappa shape index (κ2) is 6.92.